The van der Waals surface area contributed by atoms with Gasteiger partial charge in [-0.25, -0.2) is 15.0 Å². The molecule has 132 valence electrons. The van der Waals surface area contributed by atoms with Crippen LogP contribution in [0.3, 0.4) is 0 Å². The molecular weight excluding hydrogens is 340 g/mol. The highest BCUT2D eigenvalue weighted by molar-refractivity contribution is 6.32. The molecule has 0 unspecified atom stereocenters. The Bertz CT molecular complexity index is 822. The fourth-order valence-corrected chi connectivity index (χ4v) is 2.76. The second-order valence-electron chi connectivity index (χ2n) is 5.74. The van der Waals surface area contributed by atoms with Crippen LogP contribution in [0.5, 0.6) is 11.5 Å². The van der Waals surface area contributed by atoms with Gasteiger partial charge < -0.3 is 14.5 Å². The third-order valence-electron chi connectivity index (χ3n) is 3.92. The maximum atomic E-state index is 6.15. The molecule has 25 heavy (non-hydrogen) atoms. The summed E-state index contributed by atoms with van der Waals surface area (Å²) in [4.78, 5) is 15.9. The van der Waals surface area contributed by atoms with Gasteiger partial charge in [0.1, 0.15) is 22.8 Å². The Morgan fingerprint density at radius 3 is 2.84 bits per heavy atom. The van der Waals surface area contributed by atoms with Crippen molar-refractivity contribution in [3.05, 3.63) is 41.6 Å². The highest BCUT2D eigenvalue weighted by Gasteiger charge is 2.04. The lowest BCUT2D eigenvalue weighted by Crippen LogP contribution is -1.99. The monoisotopic (exact) mass is 360 g/mol. The molecule has 0 aliphatic carbocycles. The first-order chi connectivity index (χ1) is 12.3. The van der Waals surface area contributed by atoms with Crippen LogP contribution >= 0.6 is 11.6 Å². The molecule has 0 amide bonds. The third-order valence-corrected chi connectivity index (χ3v) is 4.21. The van der Waals surface area contributed by atoms with Gasteiger partial charge in [0.25, 0.3) is 0 Å². The summed E-state index contributed by atoms with van der Waals surface area (Å²) in [6.45, 7) is 0.655. The number of aromatic nitrogens is 4. The minimum atomic E-state index is 0.574. The van der Waals surface area contributed by atoms with Crippen molar-refractivity contribution < 1.29 is 9.47 Å². The number of benzene rings is 1. The zero-order valence-corrected chi connectivity index (χ0v) is 14.9. The van der Waals surface area contributed by atoms with Crippen LogP contribution in [0.2, 0.25) is 5.02 Å². The third kappa shape index (κ3) is 4.82. The fraction of sp³-hybridized carbons (Fsp3) is 0.389. The molecule has 0 aliphatic rings. The molecular formula is C18H21ClN4O2. The number of imidazole rings is 1. The number of hydrogen-bond donors (Lipinski definition) is 1. The number of hydrogen-bond acceptors (Lipinski definition) is 5. The molecule has 1 aromatic carbocycles. The van der Waals surface area contributed by atoms with Gasteiger partial charge >= 0.3 is 0 Å². The average Bonchev–Trinajstić information content (AvgIpc) is 3.09. The quantitative estimate of drug-likeness (QED) is 0.579. The number of nitrogens with zero attached hydrogens (tertiary/aromatic N) is 3. The number of aromatic amines is 1. The van der Waals surface area contributed by atoms with Crippen molar-refractivity contribution in [1.29, 1.82) is 0 Å². The van der Waals surface area contributed by atoms with Gasteiger partial charge in [0.15, 0.2) is 5.65 Å². The van der Waals surface area contributed by atoms with Crippen LogP contribution in [-0.4, -0.2) is 33.7 Å². The average molecular weight is 361 g/mol. The van der Waals surface area contributed by atoms with E-state index in [4.69, 9.17) is 21.1 Å². The largest absolute Gasteiger partial charge is 0.497 e. The SMILES string of the molecule is COc1ccc(OCCCCCCc2ncc3[nH]cnc3n2)c(Cl)c1. The molecule has 2 aromatic heterocycles. The molecule has 0 atom stereocenters. The zero-order valence-electron chi connectivity index (χ0n) is 14.2. The van der Waals surface area contributed by atoms with E-state index in [2.05, 4.69) is 19.9 Å². The predicted octanol–water partition coefficient (Wildman–Crippen LogP) is 4.20. The number of methoxy groups -OCH3 is 1. The minimum Gasteiger partial charge on any atom is -0.497 e. The first kappa shape index (κ1) is 17.5. The molecule has 2 heterocycles. The van der Waals surface area contributed by atoms with E-state index in [1.807, 2.05) is 12.1 Å². The maximum absolute atomic E-state index is 6.15. The lowest BCUT2D eigenvalue weighted by molar-refractivity contribution is 0.304. The Morgan fingerprint density at radius 1 is 1.12 bits per heavy atom. The van der Waals surface area contributed by atoms with Gasteiger partial charge in [-0.2, -0.15) is 0 Å². The molecule has 0 bridgehead atoms. The second kappa shape index (κ2) is 8.67. The lowest BCUT2D eigenvalue weighted by Gasteiger charge is -2.09. The number of aryl methyl sites for hydroxylation is 1. The Balaban J connectivity index is 1.32. The Labute approximate surface area is 151 Å². The normalized spacial score (nSPS) is 11.0. The Kier molecular flexibility index (Phi) is 6.06. The van der Waals surface area contributed by atoms with Crippen molar-refractivity contribution in [2.45, 2.75) is 32.1 Å². The molecule has 7 heteroatoms. The zero-order chi connectivity index (χ0) is 17.5. The molecule has 0 saturated carbocycles. The van der Waals surface area contributed by atoms with Gasteiger partial charge in [-0.05, 0) is 25.0 Å². The number of unbranched alkanes of at least 4 members (excludes halogenated alkanes) is 3. The number of nitrogens with one attached hydrogen (secondary N) is 1. The molecule has 0 fully saturated rings. The van der Waals surface area contributed by atoms with E-state index < -0.39 is 0 Å². The maximum Gasteiger partial charge on any atom is 0.180 e. The van der Waals surface area contributed by atoms with Crippen molar-refractivity contribution in [3.63, 3.8) is 0 Å². The van der Waals surface area contributed by atoms with Crippen LogP contribution in [0.4, 0.5) is 0 Å². The van der Waals surface area contributed by atoms with Crippen molar-refractivity contribution in [3.8, 4) is 11.5 Å². The first-order valence-corrected chi connectivity index (χ1v) is 8.75. The molecule has 3 aromatic rings. The van der Waals surface area contributed by atoms with E-state index in [1.54, 1.807) is 25.7 Å². The first-order valence-electron chi connectivity index (χ1n) is 8.37. The van der Waals surface area contributed by atoms with E-state index in [0.29, 0.717) is 17.4 Å². The van der Waals surface area contributed by atoms with Gasteiger partial charge in [0.2, 0.25) is 0 Å². The summed E-state index contributed by atoms with van der Waals surface area (Å²) in [5, 5.41) is 0.574. The summed E-state index contributed by atoms with van der Waals surface area (Å²) in [6.07, 6.45) is 8.55. The van der Waals surface area contributed by atoms with E-state index >= 15 is 0 Å². The van der Waals surface area contributed by atoms with Crippen LogP contribution in [0, 0.1) is 0 Å². The van der Waals surface area contributed by atoms with Crippen molar-refractivity contribution in [2.75, 3.05) is 13.7 Å². The van der Waals surface area contributed by atoms with E-state index in [-0.39, 0.29) is 0 Å². The van der Waals surface area contributed by atoms with Crippen LogP contribution < -0.4 is 9.47 Å². The number of fused-ring (bicyclic) bond motifs is 1. The summed E-state index contributed by atoms with van der Waals surface area (Å²) < 4.78 is 10.8. The topological polar surface area (TPSA) is 72.9 Å². The molecule has 3 rings (SSSR count). The minimum absolute atomic E-state index is 0.574. The molecule has 1 N–H and O–H groups in total. The predicted molar refractivity (Wildman–Crippen MR) is 97.4 cm³/mol. The summed E-state index contributed by atoms with van der Waals surface area (Å²) in [5.74, 6) is 2.27. The Morgan fingerprint density at radius 2 is 2.00 bits per heavy atom. The van der Waals surface area contributed by atoms with Crippen LogP contribution in [0.1, 0.15) is 31.5 Å². The molecule has 0 saturated heterocycles. The smallest absolute Gasteiger partial charge is 0.180 e. The van der Waals surface area contributed by atoms with Crippen molar-refractivity contribution in [1.82, 2.24) is 19.9 Å². The van der Waals surface area contributed by atoms with E-state index in [0.717, 1.165) is 54.8 Å². The highest BCUT2D eigenvalue weighted by Crippen LogP contribution is 2.28. The highest BCUT2D eigenvalue weighted by atomic mass is 35.5. The standard InChI is InChI=1S/C18H21ClN4O2/c1-24-13-7-8-16(14(19)10-13)25-9-5-3-2-4-6-17-20-11-15-18(23-17)22-12-21-15/h7-8,10-12H,2-6,9H2,1H3,(H,20,21,22,23). The fourth-order valence-electron chi connectivity index (χ4n) is 2.54. The number of H-pyrrole nitrogens is 1. The van der Waals surface area contributed by atoms with Crippen molar-refractivity contribution >= 4 is 22.8 Å². The van der Waals surface area contributed by atoms with E-state index in [9.17, 15) is 0 Å². The van der Waals surface area contributed by atoms with Crippen LogP contribution in [-0.2, 0) is 6.42 Å². The summed E-state index contributed by atoms with van der Waals surface area (Å²) in [6, 6.07) is 5.44. The molecule has 0 radical (unpaired) electrons. The summed E-state index contributed by atoms with van der Waals surface area (Å²) >= 11 is 6.15. The van der Waals surface area contributed by atoms with Gasteiger partial charge in [0, 0.05) is 12.5 Å². The number of halogens is 1. The molecule has 0 aliphatic heterocycles. The second-order valence-corrected chi connectivity index (χ2v) is 6.14. The van der Waals surface area contributed by atoms with Gasteiger partial charge in [-0.1, -0.05) is 24.4 Å². The van der Waals surface area contributed by atoms with Gasteiger partial charge in [-0.3, -0.25) is 0 Å². The van der Waals surface area contributed by atoms with Gasteiger partial charge in [-0.15, -0.1) is 0 Å². The summed E-state index contributed by atoms with van der Waals surface area (Å²) in [5.41, 5.74) is 1.60. The summed E-state index contributed by atoms with van der Waals surface area (Å²) in [7, 11) is 1.62. The van der Waals surface area contributed by atoms with Crippen molar-refractivity contribution in [2.24, 2.45) is 0 Å². The van der Waals surface area contributed by atoms with Crippen LogP contribution in [0.15, 0.2) is 30.7 Å². The number of rotatable bonds is 9. The molecule has 0 spiro atoms. The van der Waals surface area contributed by atoms with E-state index in [1.165, 1.54) is 0 Å². The Hall–Kier alpha value is -2.34. The molecule has 6 nitrogen and oxygen atoms in total. The van der Waals surface area contributed by atoms with Gasteiger partial charge in [0.05, 0.1) is 31.3 Å². The number of ether oxygens (including phenoxy) is 2. The lowest BCUT2D eigenvalue weighted by atomic mass is 10.1. The van der Waals surface area contributed by atoms with Crippen LogP contribution in [0.25, 0.3) is 11.2 Å².